The average molecular weight is 332 g/mol. The van der Waals surface area contributed by atoms with E-state index in [9.17, 15) is 4.79 Å². The van der Waals surface area contributed by atoms with E-state index in [0.717, 1.165) is 0 Å². The topological polar surface area (TPSA) is 68.5 Å². The molecule has 0 bridgehead atoms. The quantitative estimate of drug-likeness (QED) is 0.575. The van der Waals surface area contributed by atoms with Gasteiger partial charge in [-0.2, -0.15) is 5.26 Å². The number of ether oxygens (including phenoxy) is 3. The van der Waals surface area contributed by atoms with Gasteiger partial charge in [0.2, 0.25) is 0 Å². The van der Waals surface area contributed by atoms with Crippen LogP contribution in [0.5, 0.6) is 11.5 Å². The summed E-state index contributed by atoms with van der Waals surface area (Å²) in [5, 5.41) is 9.41. The van der Waals surface area contributed by atoms with Gasteiger partial charge < -0.3 is 14.2 Å². The Balaban J connectivity index is 1.70. The molecule has 2 aromatic carbocycles. The van der Waals surface area contributed by atoms with Gasteiger partial charge in [0.15, 0.2) is 6.61 Å². The largest absolute Gasteiger partial charge is 0.488 e. The maximum absolute atomic E-state index is 11.6. The lowest BCUT2D eigenvalue weighted by atomic mass is 10.2. The number of rotatable bonds is 7. The first-order chi connectivity index (χ1) is 11.2. The molecule has 0 heterocycles. The number of nitriles is 1. The number of carbonyl (C=O) groups is 1. The second-order valence-electron chi connectivity index (χ2n) is 4.40. The molecule has 0 N–H and O–H groups in total. The SMILES string of the molecule is N#Cc1ccccc1OCC(=O)OCCOc1ccccc1Cl. The van der Waals surface area contributed by atoms with E-state index < -0.39 is 5.97 Å². The molecule has 0 atom stereocenters. The number of nitrogens with zero attached hydrogens (tertiary/aromatic N) is 1. The van der Waals surface area contributed by atoms with Crippen LogP contribution in [0, 0.1) is 11.3 Å². The van der Waals surface area contributed by atoms with Gasteiger partial charge in [-0.05, 0) is 24.3 Å². The van der Waals surface area contributed by atoms with Crippen LogP contribution in [0.4, 0.5) is 0 Å². The highest BCUT2D eigenvalue weighted by Gasteiger charge is 2.07. The van der Waals surface area contributed by atoms with Crippen LogP contribution in [-0.4, -0.2) is 25.8 Å². The molecule has 0 aliphatic heterocycles. The predicted molar refractivity (Wildman–Crippen MR) is 84.6 cm³/mol. The zero-order valence-electron chi connectivity index (χ0n) is 12.2. The van der Waals surface area contributed by atoms with Crippen molar-refractivity contribution < 1.29 is 19.0 Å². The lowest BCUT2D eigenvalue weighted by Crippen LogP contribution is -2.18. The number of benzene rings is 2. The predicted octanol–water partition coefficient (Wildman–Crippen LogP) is 3.21. The Kier molecular flexibility index (Phi) is 6.28. The number of hydrogen-bond acceptors (Lipinski definition) is 5. The van der Waals surface area contributed by atoms with Crippen molar-refractivity contribution in [1.82, 2.24) is 0 Å². The maximum Gasteiger partial charge on any atom is 0.344 e. The number of carbonyl (C=O) groups excluding carboxylic acids is 1. The van der Waals surface area contributed by atoms with Crippen molar-refractivity contribution in [2.75, 3.05) is 19.8 Å². The van der Waals surface area contributed by atoms with E-state index >= 15 is 0 Å². The molecule has 0 amide bonds. The minimum absolute atomic E-state index is 0.0767. The van der Waals surface area contributed by atoms with Gasteiger partial charge in [0.05, 0.1) is 10.6 Å². The summed E-state index contributed by atoms with van der Waals surface area (Å²) in [7, 11) is 0. The van der Waals surface area contributed by atoms with Crippen molar-refractivity contribution >= 4 is 17.6 Å². The molecule has 0 saturated carbocycles. The fraction of sp³-hybridized carbons (Fsp3) is 0.176. The third-order valence-corrected chi connectivity index (χ3v) is 3.11. The van der Waals surface area contributed by atoms with Crippen LogP contribution in [0.15, 0.2) is 48.5 Å². The summed E-state index contributed by atoms with van der Waals surface area (Å²) in [4.78, 5) is 11.6. The van der Waals surface area contributed by atoms with Crippen LogP contribution < -0.4 is 9.47 Å². The lowest BCUT2D eigenvalue weighted by Gasteiger charge is -2.09. The van der Waals surface area contributed by atoms with Crippen LogP contribution in [-0.2, 0) is 9.53 Å². The summed E-state index contributed by atoms with van der Waals surface area (Å²) in [6.07, 6.45) is 0. The summed E-state index contributed by atoms with van der Waals surface area (Å²) in [5.41, 5.74) is 0.363. The van der Waals surface area contributed by atoms with Gasteiger partial charge in [-0.3, -0.25) is 0 Å². The molecule has 0 radical (unpaired) electrons. The van der Waals surface area contributed by atoms with Crippen molar-refractivity contribution in [2.45, 2.75) is 0 Å². The average Bonchev–Trinajstić information content (AvgIpc) is 2.58. The first-order valence-electron chi connectivity index (χ1n) is 6.85. The summed E-state index contributed by atoms with van der Waals surface area (Å²) in [6.45, 7) is -0.0116. The molecule has 2 rings (SSSR count). The maximum atomic E-state index is 11.6. The normalized spacial score (nSPS) is 9.74. The number of halogens is 1. The van der Waals surface area contributed by atoms with Gasteiger partial charge in [0.1, 0.15) is 30.8 Å². The van der Waals surface area contributed by atoms with Crippen molar-refractivity contribution in [3.8, 4) is 17.6 Å². The monoisotopic (exact) mass is 331 g/mol. The first-order valence-corrected chi connectivity index (χ1v) is 7.23. The molecular formula is C17H14ClNO4. The molecule has 118 valence electrons. The third-order valence-electron chi connectivity index (χ3n) is 2.79. The van der Waals surface area contributed by atoms with Crippen LogP contribution in [0.3, 0.4) is 0 Å². The van der Waals surface area contributed by atoms with Gasteiger partial charge in [0, 0.05) is 0 Å². The first kappa shape index (κ1) is 16.7. The van der Waals surface area contributed by atoms with Crippen molar-refractivity contribution in [1.29, 1.82) is 5.26 Å². The fourth-order valence-corrected chi connectivity index (χ4v) is 1.92. The molecular weight excluding hydrogens is 318 g/mol. The molecule has 0 aromatic heterocycles. The Labute approximate surface area is 139 Å². The molecule has 0 fully saturated rings. The third kappa shape index (κ3) is 5.20. The van der Waals surface area contributed by atoms with E-state index in [2.05, 4.69) is 0 Å². The standard InChI is InChI=1S/C17H14ClNO4/c18-14-6-2-4-8-16(14)21-9-10-22-17(20)12-23-15-7-3-1-5-13(15)11-19/h1-8H,9-10,12H2. The van der Waals surface area contributed by atoms with Crippen LogP contribution in [0.2, 0.25) is 5.02 Å². The van der Waals surface area contributed by atoms with Crippen molar-refractivity contribution in [3.05, 3.63) is 59.1 Å². The van der Waals surface area contributed by atoms with E-state index in [1.165, 1.54) is 0 Å². The molecule has 0 spiro atoms. The van der Waals surface area contributed by atoms with E-state index in [0.29, 0.717) is 22.1 Å². The highest BCUT2D eigenvalue weighted by molar-refractivity contribution is 6.32. The molecule has 5 nitrogen and oxygen atoms in total. The number of para-hydroxylation sites is 2. The van der Waals surface area contributed by atoms with Crippen molar-refractivity contribution in [2.24, 2.45) is 0 Å². The lowest BCUT2D eigenvalue weighted by molar-refractivity contribution is -0.146. The highest BCUT2D eigenvalue weighted by Crippen LogP contribution is 2.22. The van der Waals surface area contributed by atoms with E-state index in [4.69, 9.17) is 31.1 Å². The van der Waals surface area contributed by atoms with Gasteiger partial charge in [-0.1, -0.05) is 35.9 Å². The molecule has 2 aromatic rings. The Morgan fingerprint density at radius 1 is 1.00 bits per heavy atom. The molecule has 23 heavy (non-hydrogen) atoms. The summed E-state index contributed by atoms with van der Waals surface area (Å²) < 4.78 is 15.6. The number of hydrogen-bond donors (Lipinski definition) is 0. The van der Waals surface area contributed by atoms with E-state index in [1.807, 2.05) is 6.07 Å². The van der Waals surface area contributed by atoms with Crippen molar-refractivity contribution in [3.63, 3.8) is 0 Å². The Bertz CT molecular complexity index is 712. The highest BCUT2D eigenvalue weighted by atomic mass is 35.5. The summed E-state index contributed by atoms with van der Waals surface area (Å²) >= 11 is 5.93. The van der Waals surface area contributed by atoms with Crippen LogP contribution in [0.25, 0.3) is 0 Å². The van der Waals surface area contributed by atoms with E-state index in [-0.39, 0.29) is 19.8 Å². The van der Waals surface area contributed by atoms with Crippen LogP contribution >= 0.6 is 11.6 Å². The second kappa shape index (κ2) is 8.66. The summed E-state index contributed by atoms with van der Waals surface area (Å²) in [6, 6.07) is 15.7. The minimum atomic E-state index is -0.541. The Hall–Kier alpha value is -2.71. The smallest absolute Gasteiger partial charge is 0.344 e. The van der Waals surface area contributed by atoms with Gasteiger partial charge in [0.25, 0.3) is 0 Å². The molecule has 0 unspecified atom stereocenters. The Morgan fingerprint density at radius 3 is 2.43 bits per heavy atom. The molecule has 0 aliphatic rings. The minimum Gasteiger partial charge on any atom is -0.488 e. The second-order valence-corrected chi connectivity index (χ2v) is 4.80. The van der Waals surface area contributed by atoms with Gasteiger partial charge in [-0.25, -0.2) is 4.79 Å². The Morgan fingerprint density at radius 2 is 1.70 bits per heavy atom. The molecule has 0 aliphatic carbocycles. The summed E-state index contributed by atoms with van der Waals surface area (Å²) in [5.74, 6) is 0.337. The number of esters is 1. The fourth-order valence-electron chi connectivity index (χ4n) is 1.73. The zero-order valence-corrected chi connectivity index (χ0v) is 13.0. The zero-order chi connectivity index (χ0) is 16.5. The van der Waals surface area contributed by atoms with E-state index in [1.54, 1.807) is 48.5 Å². The van der Waals surface area contributed by atoms with Gasteiger partial charge >= 0.3 is 5.97 Å². The van der Waals surface area contributed by atoms with Crippen LogP contribution in [0.1, 0.15) is 5.56 Å². The molecule has 0 saturated heterocycles. The van der Waals surface area contributed by atoms with Gasteiger partial charge in [-0.15, -0.1) is 0 Å². The molecule has 6 heteroatoms.